The maximum atomic E-state index is 11.0. The van der Waals surface area contributed by atoms with Gasteiger partial charge in [-0.3, -0.25) is 10.1 Å². The van der Waals surface area contributed by atoms with Crippen molar-refractivity contribution in [2.24, 2.45) is 0 Å². The molecule has 1 aliphatic rings. The van der Waals surface area contributed by atoms with E-state index in [4.69, 9.17) is 0 Å². The lowest BCUT2D eigenvalue weighted by atomic mass is 10.3. The van der Waals surface area contributed by atoms with Gasteiger partial charge in [-0.25, -0.2) is 4.98 Å². The number of likely N-dealkylation sites (N-methyl/N-ethyl adjacent to an activating group) is 1. The van der Waals surface area contributed by atoms with Gasteiger partial charge in [0.05, 0.1) is 17.1 Å². The fourth-order valence-corrected chi connectivity index (χ4v) is 2.08. The molecule has 1 aliphatic heterocycles. The zero-order chi connectivity index (χ0) is 13.8. The van der Waals surface area contributed by atoms with Gasteiger partial charge in [-0.05, 0) is 14.0 Å². The van der Waals surface area contributed by atoms with Crippen LogP contribution in [0.3, 0.4) is 0 Å². The number of pyridine rings is 1. The molecule has 7 nitrogen and oxygen atoms in total. The molecule has 0 amide bonds. The van der Waals surface area contributed by atoms with Crippen LogP contribution < -0.4 is 10.2 Å². The molecule has 1 aromatic rings. The third-order valence-electron chi connectivity index (χ3n) is 3.19. The van der Waals surface area contributed by atoms with Crippen LogP contribution in [-0.2, 0) is 0 Å². The Hall–Kier alpha value is -1.89. The number of nitrogens with zero attached hydrogens (tertiary/aromatic N) is 4. The molecule has 19 heavy (non-hydrogen) atoms. The Balaban J connectivity index is 2.25. The Labute approximate surface area is 112 Å². The van der Waals surface area contributed by atoms with Crippen LogP contribution >= 0.6 is 0 Å². The van der Waals surface area contributed by atoms with Gasteiger partial charge >= 0.3 is 0 Å². The van der Waals surface area contributed by atoms with Gasteiger partial charge in [0.15, 0.2) is 0 Å². The van der Waals surface area contributed by atoms with Crippen molar-refractivity contribution in [2.75, 3.05) is 50.0 Å². The predicted octanol–water partition coefficient (Wildman–Crippen LogP) is 1.17. The predicted molar refractivity (Wildman–Crippen MR) is 74.8 cm³/mol. The second-order valence-electron chi connectivity index (χ2n) is 4.65. The zero-order valence-corrected chi connectivity index (χ0v) is 11.3. The molecule has 0 bridgehead atoms. The van der Waals surface area contributed by atoms with Crippen molar-refractivity contribution in [1.82, 2.24) is 9.88 Å². The average Bonchev–Trinajstić information content (AvgIpc) is 2.39. The Kier molecular flexibility index (Phi) is 4.16. The summed E-state index contributed by atoms with van der Waals surface area (Å²) in [4.78, 5) is 19.4. The number of aromatic nitrogens is 1. The summed E-state index contributed by atoms with van der Waals surface area (Å²) in [5.41, 5.74) is 0.0832. The molecule has 0 saturated carbocycles. The van der Waals surface area contributed by atoms with Crippen molar-refractivity contribution in [3.8, 4) is 0 Å². The summed E-state index contributed by atoms with van der Waals surface area (Å²) in [6, 6.07) is 3.02. The van der Waals surface area contributed by atoms with Crippen LogP contribution in [0.25, 0.3) is 0 Å². The second kappa shape index (κ2) is 5.83. The van der Waals surface area contributed by atoms with E-state index in [-0.39, 0.29) is 10.6 Å². The molecule has 0 unspecified atom stereocenters. The van der Waals surface area contributed by atoms with E-state index in [0.29, 0.717) is 18.2 Å². The molecule has 0 radical (unpaired) electrons. The van der Waals surface area contributed by atoms with Crippen LogP contribution in [0.4, 0.5) is 17.3 Å². The maximum absolute atomic E-state index is 11.0. The highest BCUT2D eigenvalue weighted by molar-refractivity contribution is 5.56. The lowest BCUT2D eigenvalue weighted by molar-refractivity contribution is -0.384. The molecular formula is C12H19N5O2. The first kappa shape index (κ1) is 13.5. The van der Waals surface area contributed by atoms with E-state index in [0.717, 1.165) is 26.2 Å². The highest BCUT2D eigenvalue weighted by Crippen LogP contribution is 2.24. The molecule has 0 aliphatic carbocycles. The smallest absolute Gasteiger partial charge is 0.276 e. The topological polar surface area (TPSA) is 74.5 Å². The van der Waals surface area contributed by atoms with Crippen LogP contribution in [0.5, 0.6) is 0 Å². The van der Waals surface area contributed by atoms with Crippen LogP contribution in [0.15, 0.2) is 12.1 Å². The first-order chi connectivity index (χ1) is 9.10. The van der Waals surface area contributed by atoms with Crippen molar-refractivity contribution in [3.05, 3.63) is 22.2 Å². The van der Waals surface area contributed by atoms with Crippen LogP contribution in [0, 0.1) is 10.1 Å². The van der Waals surface area contributed by atoms with Crippen molar-refractivity contribution < 1.29 is 4.92 Å². The number of hydrogen-bond acceptors (Lipinski definition) is 6. The number of rotatable bonds is 4. The SMILES string of the molecule is CCNc1cc([N+](=O)[O-])cc(N2CCN(C)CC2)n1. The minimum Gasteiger partial charge on any atom is -0.370 e. The van der Waals surface area contributed by atoms with Crippen molar-refractivity contribution in [1.29, 1.82) is 0 Å². The molecular weight excluding hydrogens is 246 g/mol. The number of hydrogen-bond donors (Lipinski definition) is 1. The van der Waals surface area contributed by atoms with Gasteiger partial charge < -0.3 is 15.1 Å². The Morgan fingerprint density at radius 3 is 2.63 bits per heavy atom. The van der Waals surface area contributed by atoms with E-state index in [1.165, 1.54) is 6.07 Å². The third kappa shape index (κ3) is 3.31. The van der Waals surface area contributed by atoms with Crippen LogP contribution in [0.1, 0.15) is 6.92 Å². The largest absolute Gasteiger partial charge is 0.370 e. The number of anilines is 2. The van der Waals surface area contributed by atoms with Crippen molar-refractivity contribution in [2.45, 2.75) is 6.92 Å². The van der Waals surface area contributed by atoms with E-state index in [1.54, 1.807) is 6.07 Å². The molecule has 1 fully saturated rings. The van der Waals surface area contributed by atoms with E-state index < -0.39 is 0 Å². The first-order valence-electron chi connectivity index (χ1n) is 6.44. The minimum atomic E-state index is -0.373. The first-order valence-corrected chi connectivity index (χ1v) is 6.44. The number of piperazine rings is 1. The maximum Gasteiger partial charge on any atom is 0.276 e. The average molecular weight is 265 g/mol. The zero-order valence-electron chi connectivity index (χ0n) is 11.3. The van der Waals surface area contributed by atoms with E-state index in [1.807, 2.05) is 6.92 Å². The summed E-state index contributed by atoms with van der Waals surface area (Å²) >= 11 is 0. The summed E-state index contributed by atoms with van der Waals surface area (Å²) < 4.78 is 0. The number of nitrogens with one attached hydrogen (secondary N) is 1. The lowest BCUT2D eigenvalue weighted by Crippen LogP contribution is -2.44. The molecule has 2 heterocycles. The lowest BCUT2D eigenvalue weighted by Gasteiger charge is -2.33. The van der Waals surface area contributed by atoms with Gasteiger partial charge in [-0.1, -0.05) is 0 Å². The fourth-order valence-electron chi connectivity index (χ4n) is 2.08. The third-order valence-corrected chi connectivity index (χ3v) is 3.19. The molecule has 1 aromatic heterocycles. The monoisotopic (exact) mass is 265 g/mol. The summed E-state index contributed by atoms with van der Waals surface area (Å²) in [7, 11) is 2.07. The highest BCUT2D eigenvalue weighted by atomic mass is 16.6. The fraction of sp³-hybridized carbons (Fsp3) is 0.583. The highest BCUT2D eigenvalue weighted by Gasteiger charge is 2.19. The van der Waals surface area contributed by atoms with E-state index >= 15 is 0 Å². The molecule has 7 heteroatoms. The second-order valence-corrected chi connectivity index (χ2v) is 4.65. The standard InChI is InChI=1S/C12H19N5O2/c1-3-13-11-8-10(17(18)19)9-12(14-11)16-6-4-15(2)5-7-16/h8-9H,3-7H2,1-2H3,(H,13,14). The molecule has 1 N–H and O–H groups in total. The Morgan fingerprint density at radius 2 is 2.05 bits per heavy atom. The van der Waals surface area contributed by atoms with Crippen molar-refractivity contribution >= 4 is 17.3 Å². The summed E-state index contributed by atoms with van der Waals surface area (Å²) in [5.74, 6) is 1.24. The van der Waals surface area contributed by atoms with E-state index in [2.05, 4.69) is 27.1 Å². The van der Waals surface area contributed by atoms with Gasteiger partial charge in [0.1, 0.15) is 11.6 Å². The molecule has 0 atom stereocenters. The van der Waals surface area contributed by atoms with Gasteiger partial charge in [0.25, 0.3) is 5.69 Å². The van der Waals surface area contributed by atoms with Gasteiger partial charge in [-0.2, -0.15) is 0 Å². The molecule has 2 rings (SSSR count). The molecule has 1 saturated heterocycles. The molecule has 104 valence electrons. The van der Waals surface area contributed by atoms with Crippen LogP contribution in [0.2, 0.25) is 0 Å². The molecule has 0 aromatic carbocycles. The quantitative estimate of drug-likeness (QED) is 0.650. The Morgan fingerprint density at radius 1 is 1.37 bits per heavy atom. The Bertz CT molecular complexity index is 457. The summed E-state index contributed by atoms with van der Waals surface area (Å²) in [5, 5.41) is 14.0. The van der Waals surface area contributed by atoms with E-state index in [9.17, 15) is 10.1 Å². The molecule has 0 spiro atoms. The van der Waals surface area contributed by atoms with Gasteiger partial charge in [0.2, 0.25) is 0 Å². The summed E-state index contributed by atoms with van der Waals surface area (Å²) in [6.07, 6.45) is 0. The normalized spacial score (nSPS) is 16.4. The van der Waals surface area contributed by atoms with Crippen molar-refractivity contribution in [3.63, 3.8) is 0 Å². The van der Waals surface area contributed by atoms with Gasteiger partial charge in [0, 0.05) is 32.7 Å². The summed E-state index contributed by atoms with van der Waals surface area (Å²) in [6.45, 7) is 6.21. The minimum absolute atomic E-state index is 0.0832. The van der Waals surface area contributed by atoms with Gasteiger partial charge in [-0.15, -0.1) is 0 Å². The van der Waals surface area contributed by atoms with Crippen LogP contribution in [-0.4, -0.2) is 54.6 Å². The number of nitro groups is 1.